The van der Waals surface area contributed by atoms with Gasteiger partial charge < -0.3 is 5.11 Å². The molecule has 0 saturated heterocycles. The van der Waals surface area contributed by atoms with Gasteiger partial charge in [-0.05, 0) is 38.5 Å². The average molecular weight is 142 g/mol. The topological polar surface area (TPSA) is 44.0 Å². The van der Waals surface area contributed by atoms with Crippen molar-refractivity contribution in [3.63, 3.8) is 0 Å². The van der Waals surface area contributed by atoms with E-state index in [9.17, 15) is 5.11 Å². The van der Waals surface area contributed by atoms with Gasteiger partial charge in [-0.15, -0.1) is 0 Å². The summed E-state index contributed by atoms with van der Waals surface area (Å²) in [7, 11) is 0. The van der Waals surface area contributed by atoms with Gasteiger partial charge in [0, 0.05) is 6.04 Å². The summed E-state index contributed by atoms with van der Waals surface area (Å²) in [6, 6.07) is 0.146. The zero-order valence-corrected chi connectivity index (χ0v) is 6.34. The molecule has 0 aromatic rings. The number of nitrogens with one attached hydrogen (secondary N) is 1. The van der Waals surface area contributed by atoms with Crippen LogP contribution in [0.25, 0.3) is 0 Å². The van der Waals surface area contributed by atoms with Gasteiger partial charge in [-0.25, -0.2) is 0 Å². The second kappa shape index (κ2) is 3.94. The van der Waals surface area contributed by atoms with Crippen LogP contribution < -0.4 is 5.73 Å². The first kappa shape index (κ1) is 8.02. The fraction of sp³-hybridized carbons (Fsp3) is 1.00. The molecule has 1 aliphatic rings. The van der Waals surface area contributed by atoms with Crippen LogP contribution in [0.4, 0.5) is 0 Å². The predicted octanol–water partition coefficient (Wildman–Crippen LogP) is 1.35. The minimum absolute atomic E-state index is 0.0764. The first-order valence-electron chi connectivity index (χ1n) is 4.18. The molecule has 0 aromatic heterocycles. The Bertz CT molecular complexity index is 75.3. The van der Waals surface area contributed by atoms with Crippen LogP contribution in [0.2, 0.25) is 0 Å². The molecular weight excluding hydrogens is 126 g/mol. The Morgan fingerprint density at radius 3 is 2.00 bits per heavy atom. The highest BCUT2D eigenvalue weighted by Crippen LogP contribution is 2.16. The van der Waals surface area contributed by atoms with Crippen LogP contribution >= 0.6 is 0 Å². The quantitative estimate of drug-likeness (QED) is 0.545. The van der Waals surface area contributed by atoms with Crippen LogP contribution in [0.3, 0.4) is 0 Å². The maximum Gasteiger partial charge on any atom is 0.0540 e. The molecule has 0 aliphatic heterocycles. The first-order valence-corrected chi connectivity index (χ1v) is 4.18. The van der Waals surface area contributed by atoms with E-state index in [4.69, 9.17) is 5.73 Å². The molecule has 0 spiro atoms. The monoisotopic (exact) mass is 142 g/mol. The summed E-state index contributed by atoms with van der Waals surface area (Å²) in [6.45, 7) is 0. The Balaban J connectivity index is 2.21. The average Bonchev–Trinajstić information content (AvgIpc) is 1.84. The maximum atomic E-state index is 9.24. The molecule has 2 heteroatoms. The Morgan fingerprint density at radius 2 is 1.50 bits per heavy atom. The minimum atomic E-state index is -0.0764. The van der Waals surface area contributed by atoms with E-state index in [0.717, 1.165) is 38.5 Å². The third kappa shape index (κ3) is 2.67. The minimum Gasteiger partial charge on any atom is -0.393 e. The first-order chi connectivity index (χ1) is 4.79. The molecule has 1 saturated carbocycles. The largest absolute Gasteiger partial charge is 0.393 e. The second-order valence-electron chi connectivity index (χ2n) is 3.21. The number of aliphatic hydroxyl groups is 1. The molecule has 59 valence electrons. The van der Waals surface area contributed by atoms with Crippen LogP contribution in [-0.2, 0) is 0 Å². The number of aliphatic hydroxyl groups excluding tert-OH is 1. The van der Waals surface area contributed by atoms with Crippen molar-refractivity contribution in [2.75, 3.05) is 0 Å². The SMILES string of the molecule is [NH]C1CCCC(O)CCC1. The van der Waals surface area contributed by atoms with E-state index in [0.29, 0.717) is 0 Å². The van der Waals surface area contributed by atoms with Crippen LogP contribution in [0.5, 0.6) is 0 Å². The van der Waals surface area contributed by atoms with Crippen molar-refractivity contribution in [2.45, 2.75) is 50.7 Å². The zero-order valence-electron chi connectivity index (χ0n) is 6.34. The lowest BCUT2D eigenvalue weighted by Gasteiger charge is -2.17. The van der Waals surface area contributed by atoms with E-state index >= 15 is 0 Å². The highest BCUT2D eigenvalue weighted by molar-refractivity contribution is 4.68. The van der Waals surface area contributed by atoms with Gasteiger partial charge >= 0.3 is 0 Å². The molecule has 2 N–H and O–H groups in total. The van der Waals surface area contributed by atoms with Crippen molar-refractivity contribution in [1.82, 2.24) is 5.73 Å². The molecule has 1 radical (unpaired) electrons. The summed E-state index contributed by atoms with van der Waals surface area (Å²) in [5.74, 6) is 0. The number of hydrogen-bond acceptors (Lipinski definition) is 1. The lowest BCUT2D eigenvalue weighted by molar-refractivity contribution is 0.139. The standard InChI is InChI=1S/C8H16NO/c9-7-3-1-5-8(10)6-2-4-7/h7-10H,1-6H2. The van der Waals surface area contributed by atoms with Crippen molar-refractivity contribution < 1.29 is 5.11 Å². The van der Waals surface area contributed by atoms with Gasteiger partial charge in [0.1, 0.15) is 0 Å². The molecule has 2 nitrogen and oxygen atoms in total. The van der Waals surface area contributed by atoms with Crippen molar-refractivity contribution in [3.8, 4) is 0 Å². The molecule has 10 heavy (non-hydrogen) atoms. The third-order valence-electron chi connectivity index (χ3n) is 2.18. The van der Waals surface area contributed by atoms with Gasteiger partial charge in [-0.3, -0.25) is 5.73 Å². The van der Waals surface area contributed by atoms with E-state index in [1.54, 1.807) is 0 Å². The summed E-state index contributed by atoms with van der Waals surface area (Å²) in [6.07, 6.45) is 5.79. The van der Waals surface area contributed by atoms with Crippen molar-refractivity contribution in [3.05, 3.63) is 0 Å². The highest BCUT2D eigenvalue weighted by Gasteiger charge is 2.11. The smallest absolute Gasteiger partial charge is 0.0540 e. The normalized spacial score (nSPS) is 36.6. The lowest BCUT2D eigenvalue weighted by atomic mass is 9.96. The van der Waals surface area contributed by atoms with Crippen molar-refractivity contribution in [2.24, 2.45) is 0 Å². The summed E-state index contributed by atoms with van der Waals surface area (Å²) < 4.78 is 0. The fourth-order valence-corrected chi connectivity index (χ4v) is 1.49. The van der Waals surface area contributed by atoms with Crippen LogP contribution in [0.15, 0.2) is 0 Å². The van der Waals surface area contributed by atoms with E-state index in [2.05, 4.69) is 0 Å². The van der Waals surface area contributed by atoms with Crippen LogP contribution in [0, 0.1) is 0 Å². The molecule has 1 aliphatic carbocycles. The summed E-state index contributed by atoms with van der Waals surface area (Å²) in [5, 5.41) is 9.24. The van der Waals surface area contributed by atoms with Gasteiger partial charge in [0.15, 0.2) is 0 Å². The van der Waals surface area contributed by atoms with E-state index in [1.807, 2.05) is 0 Å². The number of rotatable bonds is 0. The van der Waals surface area contributed by atoms with Gasteiger partial charge in [0.2, 0.25) is 0 Å². The second-order valence-corrected chi connectivity index (χ2v) is 3.21. The van der Waals surface area contributed by atoms with Crippen molar-refractivity contribution >= 4 is 0 Å². The summed E-state index contributed by atoms with van der Waals surface area (Å²) in [5.41, 5.74) is 7.49. The molecular formula is C8H16NO. The number of hydrogen-bond donors (Lipinski definition) is 1. The van der Waals surface area contributed by atoms with E-state index in [1.165, 1.54) is 0 Å². The molecule has 0 atom stereocenters. The Labute approximate surface area is 62.4 Å². The Kier molecular flexibility index (Phi) is 3.16. The molecule has 0 aromatic carbocycles. The van der Waals surface area contributed by atoms with Gasteiger partial charge in [0.05, 0.1) is 6.10 Å². The summed E-state index contributed by atoms with van der Waals surface area (Å²) in [4.78, 5) is 0. The molecule has 0 unspecified atom stereocenters. The zero-order chi connectivity index (χ0) is 7.40. The lowest BCUT2D eigenvalue weighted by Crippen LogP contribution is -2.16. The Hall–Kier alpha value is -0.0800. The summed E-state index contributed by atoms with van der Waals surface area (Å²) >= 11 is 0. The molecule has 1 fully saturated rings. The van der Waals surface area contributed by atoms with Crippen LogP contribution in [-0.4, -0.2) is 17.3 Å². The molecule has 1 rings (SSSR count). The van der Waals surface area contributed by atoms with E-state index < -0.39 is 0 Å². The van der Waals surface area contributed by atoms with Gasteiger partial charge in [0.25, 0.3) is 0 Å². The molecule has 0 heterocycles. The third-order valence-corrected chi connectivity index (χ3v) is 2.18. The van der Waals surface area contributed by atoms with E-state index in [-0.39, 0.29) is 12.1 Å². The molecule has 0 bridgehead atoms. The maximum absolute atomic E-state index is 9.24. The predicted molar refractivity (Wildman–Crippen MR) is 40.6 cm³/mol. The molecule has 0 amide bonds. The highest BCUT2D eigenvalue weighted by atomic mass is 16.3. The van der Waals surface area contributed by atoms with Crippen molar-refractivity contribution in [1.29, 1.82) is 0 Å². The Morgan fingerprint density at radius 1 is 1.00 bits per heavy atom. The van der Waals surface area contributed by atoms with Gasteiger partial charge in [-0.1, -0.05) is 0 Å². The van der Waals surface area contributed by atoms with Crippen LogP contribution in [0.1, 0.15) is 38.5 Å². The van der Waals surface area contributed by atoms with Gasteiger partial charge in [-0.2, -0.15) is 0 Å². The fourth-order valence-electron chi connectivity index (χ4n) is 1.49.